The molecule has 8 heteroatoms. The maximum absolute atomic E-state index is 12.7. The van der Waals surface area contributed by atoms with Gasteiger partial charge in [-0.05, 0) is 31.1 Å². The number of nitrogens with one attached hydrogen (secondary N) is 1. The molecule has 7 nitrogen and oxygen atoms in total. The third-order valence-corrected chi connectivity index (χ3v) is 5.93. The first-order valence-electron chi connectivity index (χ1n) is 8.84. The van der Waals surface area contributed by atoms with Crippen LogP contribution in [-0.2, 0) is 9.59 Å². The van der Waals surface area contributed by atoms with E-state index in [0.717, 1.165) is 22.5 Å². The van der Waals surface area contributed by atoms with Crippen molar-refractivity contribution >= 4 is 35.2 Å². The Morgan fingerprint density at radius 1 is 1.32 bits per heavy atom. The molecule has 146 valence electrons. The van der Waals surface area contributed by atoms with E-state index < -0.39 is 18.1 Å². The lowest BCUT2D eigenvalue weighted by Crippen LogP contribution is -2.36. The first-order valence-corrected chi connectivity index (χ1v) is 9.65. The first kappa shape index (κ1) is 19.8. The Bertz CT molecular complexity index is 966. The van der Waals surface area contributed by atoms with Gasteiger partial charge in [0.05, 0.1) is 24.2 Å². The zero-order chi connectivity index (χ0) is 20.4. The summed E-state index contributed by atoms with van der Waals surface area (Å²) in [6, 6.07) is 6.84. The molecule has 1 aromatic carbocycles. The molecule has 2 aromatic rings. The predicted molar refractivity (Wildman–Crippen MR) is 106 cm³/mol. The maximum atomic E-state index is 12.7. The molecular formula is C20H21N3O4S. The summed E-state index contributed by atoms with van der Waals surface area (Å²) in [6.07, 6.45) is 3.66. The van der Waals surface area contributed by atoms with Crippen LogP contribution in [0.15, 0.2) is 30.5 Å². The SMILES string of the molecule is CC(=O)N1C=Cc2ccccc2C1CC(=O)NC(C)c1nc(C)c(C(=O)O)s1. The average molecular weight is 399 g/mol. The number of aromatic carboxylic acids is 1. The molecule has 2 atom stereocenters. The second-order valence-electron chi connectivity index (χ2n) is 6.65. The number of aromatic nitrogens is 1. The van der Waals surface area contributed by atoms with Crippen molar-refractivity contribution < 1.29 is 19.5 Å². The van der Waals surface area contributed by atoms with Gasteiger partial charge in [0.25, 0.3) is 0 Å². The van der Waals surface area contributed by atoms with Crippen LogP contribution in [0.2, 0.25) is 0 Å². The predicted octanol–water partition coefficient (Wildman–Crippen LogP) is 3.29. The summed E-state index contributed by atoms with van der Waals surface area (Å²) in [5, 5.41) is 12.6. The van der Waals surface area contributed by atoms with E-state index in [1.807, 2.05) is 30.3 Å². The molecule has 1 aromatic heterocycles. The molecule has 0 radical (unpaired) electrons. The van der Waals surface area contributed by atoms with Gasteiger partial charge >= 0.3 is 5.97 Å². The van der Waals surface area contributed by atoms with Gasteiger partial charge in [-0.3, -0.25) is 9.59 Å². The van der Waals surface area contributed by atoms with Crippen LogP contribution in [0.25, 0.3) is 6.08 Å². The standard InChI is InChI=1S/C20H21N3O4S/c1-11-18(20(26)27)28-19(22-11)12(2)21-17(25)10-16-15-7-5-4-6-14(15)8-9-23(16)13(3)24/h4-9,12,16H,10H2,1-3H3,(H,21,25)(H,26,27). The van der Waals surface area contributed by atoms with Crippen LogP contribution in [-0.4, -0.2) is 32.8 Å². The normalized spacial score (nSPS) is 16.4. The number of hydrogen-bond donors (Lipinski definition) is 2. The lowest BCUT2D eigenvalue weighted by atomic mass is 9.93. The smallest absolute Gasteiger partial charge is 0.347 e. The van der Waals surface area contributed by atoms with E-state index in [-0.39, 0.29) is 23.1 Å². The Morgan fingerprint density at radius 3 is 2.68 bits per heavy atom. The number of benzene rings is 1. The maximum Gasteiger partial charge on any atom is 0.347 e. The van der Waals surface area contributed by atoms with Crippen LogP contribution in [0.1, 0.15) is 63.9 Å². The lowest BCUT2D eigenvalue weighted by molar-refractivity contribution is -0.130. The van der Waals surface area contributed by atoms with Crippen molar-refractivity contribution in [1.29, 1.82) is 0 Å². The molecule has 0 saturated carbocycles. The van der Waals surface area contributed by atoms with E-state index >= 15 is 0 Å². The first-order chi connectivity index (χ1) is 13.3. The van der Waals surface area contributed by atoms with Crippen LogP contribution in [0, 0.1) is 6.92 Å². The Labute approximate surface area is 166 Å². The number of nitrogens with zero attached hydrogens (tertiary/aromatic N) is 2. The highest BCUT2D eigenvalue weighted by molar-refractivity contribution is 7.13. The topological polar surface area (TPSA) is 99.6 Å². The highest BCUT2D eigenvalue weighted by Crippen LogP contribution is 2.33. The number of amides is 2. The fourth-order valence-corrected chi connectivity index (χ4v) is 4.16. The molecular weight excluding hydrogens is 378 g/mol. The van der Waals surface area contributed by atoms with E-state index in [9.17, 15) is 19.5 Å². The summed E-state index contributed by atoms with van der Waals surface area (Å²) in [5.41, 5.74) is 2.33. The molecule has 28 heavy (non-hydrogen) atoms. The monoisotopic (exact) mass is 399 g/mol. The molecule has 1 aliphatic rings. The van der Waals surface area contributed by atoms with Crippen molar-refractivity contribution in [1.82, 2.24) is 15.2 Å². The van der Waals surface area contributed by atoms with Crippen molar-refractivity contribution in [3.05, 3.63) is 57.2 Å². The van der Waals surface area contributed by atoms with Gasteiger partial charge in [-0.1, -0.05) is 24.3 Å². The molecule has 0 bridgehead atoms. The van der Waals surface area contributed by atoms with Crippen molar-refractivity contribution in [2.45, 2.75) is 39.3 Å². The third-order valence-electron chi connectivity index (χ3n) is 4.60. The number of rotatable bonds is 5. The van der Waals surface area contributed by atoms with Gasteiger partial charge in [0.2, 0.25) is 11.8 Å². The number of carbonyl (C=O) groups excluding carboxylic acids is 2. The van der Waals surface area contributed by atoms with E-state index in [1.54, 1.807) is 24.9 Å². The van der Waals surface area contributed by atoms with Crippen molar-refractivity contribution in [3.63, 3.8) is 0 Å². The largest absolute Gasteiger partial charge is 0.477 e. The molecule has 2 heterocycles. The molecule has 0 fully saturated rings. The second kappa shape index (κ2) is 7.93. The van der Waals surface area contributed by atoms with E-state index in [1.165, 1.54) is 6.92 Å². The van der Waals surface area contributed by atoms with Gasteiger partial charge in [0.15, 0.2) is 0 Å². The van der Waals surface area contributed by atoms with E-state index in [2.05, 4.69) is 10.3 Å². The Hall–Kier alpha value is -3.00. The summed E-state index contributed by atoms with van der Waals surface area (Å²) in [6.45, 7) is 4.87. The number of fused-ring (bicyclic) bond motifs is 1. The zero-order valence-electron chi connectivity index (χ0n) is 15.8. The quantitative estimate of drug-likeness (QED) is 0.804. The number of thiazole rings is 1. The van der Waals surface area contributed by atoms with Crippen LogP contribution >= 0.6 is 11.3 Å². The summed E-state index contributed by atoms with van der Waals surface area (Å²) < 4.78 is 0. The number of aryl methyl sites for hydroxylation is 1. The summed E-state index contributed by atoms with van der Waals surface area (Å²) in [4.78, 5) is 41.9. The number of carboxylic acid groups (broad SMARTS) is 1. The van der Waals surface area contributed by atoms with Crippen LogP contribution in [0.4, 0.5) is 0 Å². The fraction of sp³-hybridized carbons (Fsp3) is 0.300. The average Bonchev–Trinajstić information content (AvgIpc) is 3.04. The molecule has 2 N–H and O–H groups in total. The molecule has 0 aliphatic carbocycles. The third kappa shape index (κ3) is 3.96. The van der Waals surface area contributed by atoms with Crippen LogP contribution < -0.4 is 5.32 Å². The van der Waals surface area contributed by atoms with Gasteiger partial charge in [0.1, 0.15) is 9.88 Å². The van der Waals surface area contributed by atoms with Crippen molar-refractivity contribution in [3.8, 4) is 0 Å². The highest BCUT2D eigenvalue weighted by Gasteiger charge is 2.29. The van der Waals surface area contributed by atoms with Crippen molar-refractivity contribution in [2.24, 2.45) is 0 Å². The molecule has 3 rings (SSSR count). The van der Waals surface area contributed by atoms with Gasteiger partial charge < -0.3 is 15.3 Å². The molecule has 1 aliphatic heterocycles. The van der Waals surface area contributed by atoms with Gasteiger partial charge in [-0.15, -0.1) is 11.3 Å². The summed E-state index contributed by atoms with van der Waals surface area (Å²) in [5.74, 6) is -1.40. The number of hydrogen-bond acceptors (Lipinski definition) is 5. The van der Waals surface area contributed by atoms with E-state index in [0.29, 0.717) is 10.7 Å². The molecule has 0 saturated heterocycles. The second-order valence-corrected chi connectivity index (χ2v) is 7.68. The van der Waals surface area contributed by atoms with Crippen LogP contribution in [0.5, 0.6) is 0 Å². The minimum absolute atomic E-state index is 0.0986. The summed E-state index contributed by atoms with van der Waals surface area (Å²) in [7, 11) is 0. The zero-order valence-corrected chi connectivity index (χ0v) is 16.6. The van der Waals surface area contributed by atoms with Crippen LogP contribution in [0.3, 0.4) is 0 Å². The Balaban J connectivity index is 1.76. The van der Waals surface area contributed by atoms with Gasteiger partial charge in [-0.2, -0.15) is 0 Å². The number of carboxylic acids is 1. The van der Waals surface area contributed by atoms with Crippen molar-refractivity contribution in [2.75, 3.05) is 0 Å². The molecule has 0 spiro atoms. The van der Waals surface area contributed by atoms with E-state index in [4.69, 9.17) is 0 Å². The Morgan fingerprint density at radius 2 is 2.04 bits per heavy atom. The summed E-state index contributed by atoms with van der Waals surface area (Å²) >= 11 is 1.06. The molecule has 2 amide bonds. The molecule has 2 unspecified atom stereocenters. The lowest BCUT2D eigenvalue weighted by Gasteiger charge is -2.32. The minimum Gasteiger partial charge on any atom is -0.477 e. The fourth-order valence-electron chi connectivity index (χ4n) is 3.25. The number of carbonyl (C=O) groups is 3. The van der Waals surface area contributed by atoms with Gasteiger partial charge in [-0.25, -0.2) is 9.78 Å². The Kier molecular flexibility index (Phi) is 5.60. The minimum atomic E-state index is -1.03. The highest BCUT2D eigenvalue weighted by atomic mass is 32.1. The van der Waals surface area contributed by atoms with Gasteiger partial charge in [0, 0.05) is 13.1 Å².